The van der Waals surface area contributed by atoms with Gasteiger partial charge in [0.15, 0.2) is 6.10 Å². The maximum absolute atomic E-state index is 12.0. The Hall–Kier alpha value is -1.45. The molecule has 0 aliphatic rings. The van der Waals surface area contributed by atoms with Crippen molar-refractivity contribution in [2.24, 2.45) is 0 Å². The lowest BCUT2D eigenvalue weighted by molar-refractivity contribution is -0.148. The van der Waals surface area contributed by atoms with E-state index in [0.29, 0.717) is 4.88 Å². The molecule has 21 heavy (non-hydrogen) atoms. The summed E-state index contributed by atoms with van der Waals surface area (Å²) in [4.78, 5) is 36.2. The van der Waals surface area contributed by atoms with Crippen LogP contribution in [-0.2, 0) is 14.3 Å². The van der Waals surface area contributed by atoms with E-state index in [9.17, 15) is 14.4 Å². The van der Waals surface area contributed by atoms with Crippen LogP contribution in [0.15, 0.2) is 15.9 Å². The second kappa shape index (κ2) is 8.11. The average molecular weight is 379 g/mol. The van der Waals surface area contributed by atoms with E-state index in [2.05, 4.69) is 26.0 Å². The average Bonchev–Trinajstić information content (AvgIpc) is 2.84. The van der Waals surface area contributed by atoms with Gasteiger partial charge in [0, 0.05) is 14.2 Å². The molecule has 0 fully saturated rings. The standard InChI is InChI=1S/C12H15BrN2O5S/c1-15(11(17)8-3-4-9(13)21-8)6-10(16)14-5-7(20-2)12(18)19/h3-4,7H,5-6H2,1-2H3,(H,14,16)(H,18,19). The molecule has 2 N–H and O–H groups in total. The van der Waals surface area contributed by atoms with Crippen LogP contribution >= 0.6 is 27.3 Å². The first-order valence-electron chi connectivity index (χ1n) is 5.88. The summed E-state index contributed by atoms with van der Waals surface area (Å²) in [6, 6.07) is 3.42. The van der Waals surface area contributed by atoms with Crippen LogP contribution in [0.4, 0.5) is 0 Å². The van der Waals surface area contributed by atoms with Gasteiger partial charge in [-0.3, -0.25) is 9.59 Å². The zero-order valence-electron chi connectivity index (χ0n) is 11.5. The molecule has 1 rings (SSSR count). The number of nitrogens with zero attached hydrogens (tertiary/aromatic N) is 1. The lowest BCUT2D eigenvalue weighted by atomic mass is 10.3. The molecule has 0 aliphatic carbocycles. The molecular formula is C12H15BrN2O5S. The maximum Gasteiger partial charge on any atom is 0.334 e. The van der Waals surface area contributed by atoms with Crippen molar-refractivity contribution in [2.45, 2.75) is 6.10 Å². The summed E-state index contributed by atoms with van der Waals surface area (Å²) in [7, 11) is 2.75. The molecule has 1 atom stereocenters. The van der Waals surface area contributed by atoms with Gasteiger partial charge in [0.1, 0.15) is 0 Å². The minimum atomic E-state index is -1.16. The van der Waals surface area contributed by atoms with E-state index < -0.39 is 18.0 Å². The van der Waals surface area contributed by atoms with Crippen LogP contribution in [0.1, 0.15) is 9.67 Å². The first-order chi connectivity index (χ1) is 9.85. The number of methoxy groups -OCH3 is 1. The number of likely N-dealkylation sites (N-methyl/N-ethyl adjacent to an activating group) is 1. The van der Waals surface area contributed by atoms with E-state index in [0.717, 1.165) is 3.79 Å². The number of ether oxygens (including phenoxy) is 1. The summed E-state index contributed by atoms with van der Waals surface area (Å²) < 4.78 is 5.52. The van der Waals surface area contributed by atoms with Gasteiger partial charge in [-0.1, -0.05) is 0 Å². The zero-order valence-corrected chi connectivity index (χ0v) is 13.9. The van der Waals surface area contributed by atoms with Gasteiger partial charge < -0.3 is 20.1 Å². The van der Waals surface area contributed by atoms with Gasteiger partial charge in [-0.25, -0.2) is 4.79 Å². The molecule has 0 spiro atoms. The molecule has 1 aromatic rings. The summed E-state index contributed by atoms with van der Waals surface area (Å²) >= 11 is 4.53. The Balaban J connectivity index is 2.47. The summed E-state index contributed by atoms with van der Waals surface area (Å²) in [5.41, 5.74) is 0. The molecule has 0 aliphatic heterocycles. The number of aliphatic carboxylic acids is 1. The molecule has 116 valence electrons. The van der Waals surface area contributed by atoms with E-state index in [1.807, 2.05) is 0 Å². The third kappa shape index (κ3) is 5.44. The summed E-state index contributed by atoms with van der Waals surface area (Å²) in [6.07, 6.45) is -1.11. The van der Waals surface area contributed by atoms with Gasteiger partial charge in [-0.15, -0.1) is 11.3 Å². The Bertz CT molecular complexity index is 533. The van der Waals surface area contributed by atoms with Crippen LogP contribution in [0.25, 0.3) is 0 Å². The number of nitrogens with one attached hydrogen (secondary N) is 1. The Morgan fingerprint density at radius 1 is 1.48 bits per heavy atom. The summed E-state index contributed by atoms with van der Waals surface area (Å²) in [5, 5.41) is 11.2. The monoisotopic (exact) mass is 378 g/mol. The van der Waals surface area contributed by atoms with Crippen molar-refractivity contribution in [3.05, 3.63) is 20.8 Å². The molecule has 1 heterocycles. The number of thiophene rings is 1. The van der Waals surface area contributed by atoms with Crippen molar-refractivity contribution in [2.75, 3.05) is 27.2 Å². The van der Waals surface area contributed by atoms with Crippen molar-refractivity contribution in [3.8, 4) is 0 Å². The quantitative estimate of drug-likeness (QED) is 0.731. The third-order valence-electron chi connectivity index (χ3n) is 2.56. The van der Waals surface area contributed by atoms with Crippen LogP contribution in [0.2, 0.25) is 0 Å². The largest absolute Gasteiger partial charge is 0.479 e. The number of amides is 2. The van der Waals surface area contributed by atoms with Crippen LogP contribution < -0.4 is 5.32 Å². The smallest absolute Gasteiger partial charge is 0.334 e. The summed E-state index contributed by atoms with van der Waals surface area (Å²) in [5.74, 6) is -1.89. The van der Waals surface area contributed by atoms with Crippen molar-refractivity contribution in [1.29, 1.82) is 0 Å². The van der Waals surface area contributed by atoms with Gasteiger partial charge in [0.05, 0.1) is 21.8 Å². The molecule has 0 saturated carbocycles. The number of rotatable bonds is 7. The molecule has 1 unspecified atom stereocenters. The van der Waals surface area contributed by atoms with E-state index in [4.69, 9.17) is 5.11 Å². The van der Waals surface area contributed by atoms with E-state index in [1.165, 1.54) is 30.4 Å². The van der Waals surface area contributed by atoms with Gasteiger partial charge >= 0.3 is 5.97 Å². The van der Waals surface area contributed by atoms with Gasteiger partial charge in [-0.05, 0) is 28.1 Å². The van der Waals surface area contributed by atoms with E-state index in [-0.39, 0.29) is 19.0 Å². The Morgan fingerprint density at radius 3 is 2.62 bits per heavy atom. The van der Waals surface area contributed by atoms with E-state index >= 15 is 0 Å². The Morgan fingerprint density at radius 2 is 2.14 bits per heavy atom. The lowest BCUT2D eigenvalue weighted by Gasteiger charge is -2.17. The van der Waals surface area contributed by atoms with Crippen molar-refractivity contribution in [3.63, 3.8) is 0 Å². The van der Waals surface area contributed by atoms with Gasteiger partial charge in [-0.2, -0.15) is 0 Å². The fourth-order valence-corrected chi connectivity index (χ4v) is 2.82. The zero-order chi connectivity index (χ0) is 16.0. The highest BCUT2D eigenvalue weighted by Gasteiger charge is 2.20. The molecule has 1 aromatic heterocycles. The number of carboxylic acid groups (broad SMARTS) is 1. The van der Waals surface area contributed by atoms with Crippen LogP contribution in [0, 0.1) is 0 Å². The third-order valence-corrected chi connectivity index (χ3v) is 4.17. The number of hydrogen-bond donors (Lipinski definition) is 2. The van der Waals surface area contributed by atoms with Crippen LogP contribution in [-0.4, -0.2) is 61.1 Å². The highest BCUT2D eigenvalue weighted by atomic mass is 79.9. The number of carboxylic acids is 1. The molecule has 0 radical (unpaired) electrons. The van der Waals surface area contributed by atoms with Crippen LogP contribution in [0.5, 0.6) is 0 Å². The minimum absolute atomic E-state index is 0.156. The predicted molar refractivity (Wildman–Crippen MR) is 80.4 cm³/mol. The normalized spacial score (nSPS) is 11.8. The van der Waals surface area contributed by atoms with Crippen molar-refractivity contribution >= 4 is 45.1 Å². The van der Waals surface area contributed by atoms with E-state index in [1.54, 1.807) is 12.1 Å². The fraction of sp³-hybridized carbons (Fsp3) is 0.417. The number of halogens is 1. The second-order valence-electron chi connectivity index (χ2n) is 4.13. The molecule has 0 bridgehead atoms. The number of hydrogen-bond acceptors (Lipinski definition) is 5. The van der Waals surface area contributed by atoms with Gasteiger partial charge in [0.25, 0.3) is 5.91 Å². The molecule has 2 amide bonds. The molecule has 0 aromatic carbocycles. The highest BCUT2D eigenvalue weighted by molar-refractivity contribution is 9.11. The number of carbonyl (C=O) groups excluding carboxylic acids is 2. The second-order valence-corrected chi connectivity index (χ2v) is 6.59. The topological polar surface area (TPSA) is 95.9 Å². The predicted octanol–water partition coefficient (Wildman–Crippen LogP) is 0.798. The van der Waals surface area contributed by atoms with Crippen LogP contribution in [0.3, 0.4) is 0 Å². The first-order valence-corrected chi connectivity index (χ1v) is 7.49. The van der Waals surface area contributed by atoms with Crippen molar-refractivity contribution in [1.82, 2.24) is 10.2 Å². The Labute approximate surface area is 134 Å². The van der Waals surface area contributed by atoms with Gasteiger partial charge in [0.2, 0.25) is 5.91 Å². The Kier molecular flexibility index (Phi) is 6.79. The fourth-order valence-electron chi connectivity index (χ4n) is 1.44. The minimum Gasteiger partial charge on any atom is -0.479 e. The molecular weight excluding hydrogens is 364 g/mol. The molecule has 9 heteroatoms. The number of carbonyl (C=O) groups is 3. The summed E-state index contributed by atoms with van der Waals surface area (Å²) in [6.45, 7) is -0.318. The highest BCUT2D eigenvalue weighted by Crippen LogP contribution is 2.22. The maximum atomic E-state index is 12.0. The SMILES string of the molecule is COC(CNC(=O)CN(C)C(=O)c1ccc(Br)s1)C(=O)O. The van der Waals surface area contributed by atoms with Crippen molar-refractivity contribution < 1.29 is 24.2 Å². The molecule has 0 saturated heterocycles. The lowest BCUT2D eigenvalue weighted by Crippen LogP contribution is -2.43. The first kappa shape index (κ1) is 17.6. The molecule has 7 nitrogen and oxygen atoms in total.